The van der Waals surface area contributed by atoms with Gasteiger partial charge in [0.1, 0.15) is 0 Å². The molecule has 6 heteroatoms. The van der Waals surface area contributed by atoms with Gasteiger partial charge < -0.3 is 9.64 Å². The molecule has 0 aliphatic carbocycles. The fourth-order valence-corrected chi connectivity index (χ4v) is 3.46. The minimum atomic E-state index is -3.50. The highest BCUT2D eigenvalue weighted by Crippen LogP contribution is 2.34. The maximum absolute atomic E-state index is 12.1. The summed E-state index contributed by atoms with van der Waals surface area (Å²) in [6.45, 7) is 1.99. The predicted molar refractivity (Wildman–Crippen MR) is 71.4 cm³/mol. The standard InChI is InChI=1S/C13H15NO4S/c1-3-18-13(15)8-10-9-19(16,17)12-7-5-4-6-11(12)14(10)2/h4-7,9H,3,8H2,1-2H3. The van der Waals surface area contributed by atoms with Gasteiger partial charge in [0.15, 0.2) is 0 Å². The number of rotatable bonds is 3. The highest BCUT2D eigenvalue weighted by atomic mass is 32.2. The Labute approximate surface area is 112 Å². The van der Waals surface area contributed by atoms with Gasteiger partial charge in [-0.15, -0.1) is 0 Å². The molecular weight excluding hydrogens is 266 g/mol. The number of carbonyl (C=O) groups is 1. The molecule has 0 amide bonds. The van der Waals surface area contributed by atoms with Crippen LogP contribution in [0.25, 0.3) is 0 Å². The Morgan fingerprint density at radius 1 is 1.32 bits per heavy atom. The fraction of sp³-hybridized carbons (Fsp3) is 0.308. The first-order chi connectivity index (χ1) is 8.95. The van der Waals surface area contributed by atoms with Crippen LogP contribution in [-0.2, 0) is 19.4 Å². The average Bonchev–Trinajstić information content (AvgIpc) is 2.36. The van der Waals surface area contributed by atoms with Crippen molar-refractivity contribution in [1.29, 1.82) is 0 Å². The Morgan fingerprint density at radius 2 is 2.00 bits per heavy atom. The average molecular weight is 281 g/mol. The summed E-state index contributed by atoms with van der Waals surface area (Å²) in [6.07, 6.45) is -0.0576. The number of nitrogens with zero attached hydrogens (tertiary/aromatic N) is 1. The van der Waals surface area contributed by atoms with Gasteiger partial charge in [0, 0.05) is 12.7 Å². The van der Waals surface area contributed by atoms with Crippen LogP contribution < -0.4 is 4.90 Å². The summed E-state index contributed by atoms with van der Waals surface area (Å²) in [5, 5.41) is 1.13. The smallest absolute Gasteiger partial charge is 0.311 e. The van der Waals surface area contributed by atoms with Crippen LogP contribution in [0, 0.1) is 0 Å². The third-order valence-electron chi connectivity index (χ3n) is 2.89. The van der Waals surface area contributed by atoms with E-state index in [1.807, 2.05) is 0 Å². The van der Waals surface area contributed by atoms with Crippen LogP contribution in [0.5, 0.6) is 0 Å². The van der Waals surface area contributed by atoms with Crippen LogP contribution in [0.4, 0.5) is 5.69 Å². The summed E-state index contributed by atoms with van der Waals surface area (Å²) in [7, 11) is -1.76. The van der Waals surface area contributed by atoms with Crippen LogP contribution in [-0.4, -0.2) is 28.0 Å². The molecule has 1 aromatic carbocycles. The quantitative estimate of drug-likeness (QED) is 0.789. The van der Waals surface area contributed by atoms with E-state index in [0.29, 0.717) is 11.4 Å². The molecule has 1 heterocycles. The second kappa shape index (κ2) is 5.05. The van der Waals surface area contributed by atoms with Crippen molar-refractivity contribution in [1.82, 2.24) is 0 Å². The highest BCUT2D eigenvalue weighted by molar-refractivity contribution is 7.94. The zero-order valence-electron chi connectivity index (χ0n) is 10.8. The molecule has 1 aromatic rings. The van der Waals surface area contributed by atoms with Gasteiger partial charge in [0.05, 0.1) is 29.0 Å². The van der Waals surface area contributed by atoms with Crippen LogP contribution in [0.1, 0.15) is 13.3 Å². The summed E-state index contributed by atoms with van der Waals surface area (Å²) in [5.74, 6) is -0.435. The molecule has 0 unspecified atom stereocenters. The molecule has 0 spiro atoms. The molecule has 102 valence electrons. The number of hydrogen-bond acceptors (Lipinski definition) is 5. The Balaban J connectivity index is 2.39. The molecule has 0 saturated heterocycles. The van der Waals surface area contributed by atoms with E-state index in [0.717, 1.165) is 5.41 Å². The minimum absolute atomic E-state index is 0.0576. The van der Waals surface area contributed by atoms with Gasteiger partial charge in [-0.1, -0.05) is 12.1 Å². The molecule has 19 heavy (non-hydrogen) atoms. The van der Waals surface area contributed by atoms with Crippen LogP contribution in [0.15, 0.2) is 40.3 Å². The lowest BCUT2D eigenvalue weighted by Crippen LogP contribution is -2.26. The first-order valence-electron chi connectivity index (χ1n) is 5.89. The third kappa shape index (κ3) is 2.63. The van der Waals surface area contributed by atoms with Crippen LogP contribution in [0.2, 0.25) is 0 Å². The lowest BCUT2D eigenvalue weighted by atomic mass is 10.2. The van der Waals surface area contributed by atoms with E-state index in [9.17, 15) is 13.2 Å². The molecule has 0 radical (unpaired) electrons. The molecule has 0 bridgehead atoms. The van der Waals surface area contributed by atoms with E-state index >= 15 is 0 Å². The summed E-state index contributed by atoms with van der Waals surface area (Å²) in [5.41, 5.74) is 0.987. The molecule has 1 aliphatic rings. The summed E-state index contributed by atoms with van der Waals surface area (Å²) in [6, 6.07) is 6.70. The van der Waals surface area contributed by atoms with Crippen molar-refractivity contribution in [3.05, 3.63) is 35.4 Å². The Hall–Kier alpha value is -1.82. The first-order valence-corrected chi connectivity index (χ1v) is 7.44. The Kier molecular flexibility index (Phi) is 3.61. The number of benzene rings is 1. The van der Waals surface area contributed by atoms with Crippen molar-refractivity contribution in [3.63, 3.8) is 0 Å². The Morgan fingerprint density at radius 3 is 2.68 bits per heavy atom. The van der Waals surface area contributed by atoms with E-state index in [2.05, 4.69) is 0 Å². The molecule has 0 saturated carbocycles. The molecule has 0 atom stereocenters. The molecule has 0 aromatic heterocycles. The van der Waals surface area contributed by atoms with Gasteiger partial charge in [-0.3, -0.25) is 4.79 Å². The maximum atomic E-state index is 12.1. The topological polar surface area (TPSA) is 63.7 Å². The number of esters is 1. The molecule has 0 N–H and O–H groups in total. The Bertz CT molecular complexity index is 634. The van der Waals surface area contributed by atoms with E-state index in [1.165, 1.54) is 0 Å². The second-order valence-corrected chi connectivity index (χ2v) is 5.93. The van der Waals surface area contributed by atoms with Crippen molar-refractivity contribution in [2.24, 2.45) is 0 Å². The largest absolute Gasteiger partial charge is 0.466 e. The highest BCUT2D eigenvalue weighted by Gasteiger charge is 2.27. The van der Waals surface area contributed by atoms with Crippen molar-refractivity contribution < 1.29 is 17.9 Å². The minimum Gasteiger partial charge on any atom is -0.466 e. The monoisotopic (exact) mass is 281 g/mol. The van der Waals surface area contributed by atoms with Crippen molar-refractivity contribution >= 4 is 21.5 Å². The number of hydrogen-bond donors (Lipinski definition) is 0. The second-order valence-electron chi connectivity index (χ2n) is 4.16. The van der Waals surface area contributed by atoms with E-state index < -0.39 is 15.8 Å². The number of fused-ring (bicyclic) bond motifs is 1. The van der Waals surface area contributed by atoms with Gasteiger partial charge in [-0.2, -0.15) is 0 Å². The van der Waals surface area contributed by atoms with Gasteiger partial charge in [-0.25, -0.2) is 8.42 Å². The fourth-order valence-electron chi connectivity index (χ4n) is 1.97. The molecule has 5 nitrogen and oxygen atoms in total. The molecule has 0 fully saturated rings. The van der Waals surface area contributed by atoms with E-state index in [1.54, 1.807) is 43.1 Å². The van der Waals surface area contributed by atoms with Crippen molar-refractivity contribution in [3.8, 4) is 0 Å². The number of sulfone groups is 1. The summed E-state index contributed by atoms with van der Waals surface area (Å²) in [4.78, 5) is 13.5. The van der Waals surface area contributed by atoms with E-state index in [4.69, 9.17) is 4.74 Å². The molecule has 2 rings (SSSR count). The molecule has 1 aliphatic heterocycles. The van der Waals surface area contributed by atoms with Crippen molar-refractivity contribution in [2.75, 3.05) is 18.6 Å². The normalized spacial score (nSPS) is 16.5. The predicted octanol–water partition coefficient (Wildman–Crippen LogP) is 1.70. The van der Waals surface area contributed by atoms with Gasteiger partial charge >= 0.3 is 5.97 Å². The van der Waals surface area contributed by atoms with Gasteiger partial charge in [0.25, 0.3) is 0 Å². The first kappa shape index (κ1) is 13.6. The van der Waals surface area contributed by atoms with Crippen LogP contribution >= 0.6 is 0 Å². The zero-order chi connectivity index (χ0) is 14.0. The van der Waals surface area contributed by atoms with Crippen LogP contribution in [0.3, 0.4) is 0 Å². The zero-order valence-corrected chi connectivity index (χ0v) is 11.6. The van der Waals surface area contributed by atoms with Crippen molar-refractivity contribution in [2.45, 2.75) is 18.2 Å². The number of carbonyl (C=O) groups excluding carboxylic acids is 1. The number of para-hydroxylation sites is 1. The molecular formula is C13H15NO4S. The van der Waals surface area contributed by atoms with Gasteiger partial charge in [0.2, 0.25) is 9.84 Å². The third-order valence-corrected chi connectivity index (χ3v) is 4.43. The van der Waals surface area contributed by atoms with E-state index in [-0.39, 0.29) is 17.9 Å². The number of anilines is 1. The maximum Gasteiger partial charge on any atom is 0.311 e. The summed E-state index contributed by atoms with van der Waals surface area (Å²) < 4.78 is 29.1. The lowest BCUT2D eigenvalue weighted by Gasteiger charge is -2.28. The number of ether oxygens (including phenoxy) is 1. The van der Waals surface area contributed by atoms with Gasteiger partial charge in [-0.05, 0) is 19.1 Å². The lowest BCUT2D eigenvalue weighted by molar-refractivity contribution is -0.142. The summed E-state index contributed by atoms with van der Waals surface area (Å²) >= 11 is 0. The SMILES string of the molecule is CCOC(=O)CC1=CS(=O)(=O)c2ccccc2N1C.